The highest BCUT2D eigenvalue weighted by Crippen LogP contribution is 2.02. The highest BCUT2D eigenvalue weighted by atomic mass is 35.5. The molecule has 1 aromatic carbocycles. The number of nitrogens with two attached hydrogens (primary N) is 3. The van der Waals surface area contributed by atoms with Crippen molar-refractivity contribution in [3.63, 3.8) is 0 Å². The standard InChI is InChI=1S/C13H19N5O2.ClH/c14-11(19)10(7-4-8-17-13(15)16)18-12(20)9-5-2-1-3-6-9;/h1-3,5-6,10H,4,7-8H2,(H2,14,19)(H,18,20)(H4,15,16,17);1H/t10-;/m0./s1. The zero-order chi connectivity index (χ0) is 15.0. The fraction of sp³-hybridized carbons (Fsp3) is 0.308. The maximum atomic E-state index is 11.9. The molecule has 0 aliphatic rings. The molecule has 0 spiro atoms. The van der Waals surface area contributed by atoms with Gasteiger partial charge in [0.05, 0.1) is 0 Å². The van der Waals surface area contributed by atoms with Gasteiger partial charge in [-0.15, -0.1) is 12.4 Å². The minimum atomic E-state index is -0.739. The van der Waals surface area contributed by atoms with E-state index >= 15 is 0 Å². The Labute approximate surface area is 129 Å². The van der Waals surface area contributed by atoms with Gasteiger partial charge in [-0.2, -0.15) is 0 Å². The van der Waals surface area contributed by atoms with E-state index in [0.717, 1.165) is 0 Å². The fourth-order valence-corrected chi connectivity index (χ4v) is 1.62. The maximum absolute atomic E-state index is 11.9. The molecule has 0 aliphatic heterocycles. The normalized spacial score (nSPS) is 10.9. The number of hydrogen-bond donors (Lipinski definition) is 4. The predicted molar refractivity (Wildman–Crippen MR) is 84.0 cm³/mol. The molecule has 0 heterocycles. The Kier molecular flexibility index (Phi) is 8.55. The van der Waals surface area contributed by atoms with Gasteiger partial charge >= 0.3 is 0 Å². The smallest absolute Gasteiger partial charge is 0.251 e. The molecule has 0 saturated carbocycles. The number of carbonyl (C=O) groups excluding carboxylic acids is 2. The first-order chi connectivity index (χ1) is 9.50. The summed E-state index contributed by atoms with van der Waals surface area (Å²) in [4.78, 5) is 27.0. The highest BCUT2D eigenvalue weighted by molar-refractivity contribution is 5.97. The van der Waals surface area contributed by atoms with Crippen LogP contribution in [0.15, 0.2) is 35.3 Å². The molecule has 0 aliphatic carbocycles. The second-order valence-corrected chi connectivity index (χ2v) is 4.24. The van der Waals surface area contributed by atoms with E-state index in [-0.39, 0.29) is 24.3 Å². The molecule has 7 N–H and O–H groups in total. The Hall–Kier alpha value is -2.28. The zero-order valence-electron chi connectivity index (χ0n) is 11.5. The molecule has 1 atom stereocenters. The number of hydrogen-bond acceptors (Lipinski definition) is 3. The zero-order valence-corrected chi connectivity index (χ0v) is 12.3. The summed E-state index contributed by atoms with van der Waals surface area (Å²) in [6, 6.07) is 7.87. The van der Waals surface area contributed by atoms with E-state index in [1.54, 1.807) is 30.3 Å². The molecule has 1 aromatic rings. The molecule has 0 unspecified atom stereocenters. The lowest BCUT2D eigenvalue weighted by Gasteiger charge is -2.14. The van der Waals surface area contributed by atoms with E-state index in [0.29, 0.717) is 24.9 Å². The van der Waals surface area contributed by atoms with Crippen LogP contribution in [0.3, 0.4) is 0 Å². The Bertz CT molecular complexity index is 489. The van der Waals surface area contributed by atoms with Crippen LogP contribution in [0.25, 0.3) is 0 Å². The predicted octanol–water partition coefficient (Wildman–Crippen LogP) is -0.254. The van der Waals surface area contributed by atoms with Crippen LogP contribution in [0, 0.1) is 0 Å². The van der Waals surface area contributed by atoms with Gasteiger partial charge in [-0.25, -0.2) is 0 Å². The van der Waals surface area contributed by atoms with Crippen molar-refractivity contribution in [3.05, 3.63) is 35.9 Å². The summed E-state index contributed by atoms with van der Waals surface area (Å²) < 4.78 is 0. The number of halogens is 1. The molecule has 1 rings (SSSR count). The van der Waals surface area contributed by atoms with Crippen molar-refractivity contribution >= 4 is 30.2 Å². The largest absolute Gasteiger partial charge is 0.370 e. The van der Waals surface area contributed by atoms with Crippen molar-refractivity contribution in [1.82, 2.24) is 5.32 Å². The van der Waals surface area contributed by atoms with E-state index in [2.05, 4.69) is 10.3 Å². The van der Waals surface area contributed by atoms with Gasteiger partial charge in [0.1, 0.15) is 6.04 Å². The molecule has 8 heteroatoms. The highest BCUT2D eigenvalue weighted by Gasteiger charge is 2.18. The monoisotopic (exact) mass is 313 g/mol. The first-order valence-corrected chi connectivity index (χ1v) is 6.21. The molecule has 0 aromatic heterocycles. The van der Waals surface area contributed by atoms with Crippen LogP contribution in [-0.4, -0.2) is 30.4 Å². The lowest BCUT2D eigenvalue weighted by molar-refractivity contribution is -0.120. The van der Waals surface area contributed by atoms with Crippen molar-refractivity contribution in [2.45, 2.75) is 18.9 Å². The third-order valence-corrected chi connectivity index (χ3v) is 2.63. The van der Waals surface area contributed by atoms with Gasteiger partial charge in [-0.1, -0.05) is 18.2 Å². The van der Waals surface area contributed by atoms with Gasteiger partial charge in [0.2, 0.25) is 5.91 Å². The minimum absolute atomic E-state index is 0. The molecule has 0 saturated heterocycles. The quantitative estimate of drug-likeness (QED) is 0.313. The van der Waals surface area contributed by atoms with Crippen LogP contribution in [0.5, 0.6) is 0 Å². The summed E-state index contributed by atoms with van der Waals surface area (Å²) in [7, 11) is 0. The van der Waals surface area contributed by atoms with Gasteiger partial charge in [-0.05, 0) is 25.0 Å². The lowest BCUT2D eigenvalue weighted by Crippen LogP contribution is -2.44. The SMILES string of the molecule is Cl.NC(=O)[C@H](CCCN=C(N)N)NC(=O)c1ccccc1. The van der Waals surface area contributed by atoms with Gasteiger partial charge < -0.3 is 22.5 Å². The molecule has 2 amide bonds. The van der Waals surface area contributed by atoms with Gasteiger partial charge in [0, 0.05) is 12.1 Å². The minimum Gasteiger partial charge on any atom is -0.370 e. The summed E-state index contributed by atoms with van der Waals surface area (Å²) in [5, 5.41) is 2.60. The summed E-state index contributed by atoms with van der Waals surface area (Å²) in [6.07, 6.45) is 0.922. The van der Waals surface area contributed by atoms with Gasteiger partial charge in [0.15, 0.2) is 5.96 Å². The molecule has 0 fully saturated rings. The van der Waals surface area contributed by atoms with Crippen molar-refractivity contribution in [3.8, 4) is 0 Å². The third kappa shape index (κ3) is 7.17. The maximum Gasteiger partial charge on any atom is 0.251 e. The summed E-state index contributed by atoms with van der Waals surface area (Å²) in [5.41, 5.74) is 16.1. The van der Waals surface area contributed by atoms with Crippen LogP contribution < -0.4 is 22.5 Å². The molecule has 0 bridgehead atoms. The summed E-state index contributed by atoms with van der Waals surface area (Å²) in [6.45, 7) is 0.382. The van der Waals surface area contributed by atoms with Crippen LogP contribution in [0.4, 0.5) is 0 Å². The van der Waals surface area contributed by atoms with Crippen LogP contribution >= 0.6 is 12.4 Å². The number of guanidine groups is 1. The van der Waals surface area contributed by atoms with Gasteiger partial charge in [0.25, 0.3) is 5.91 Å². The Morgan fingerprint density at radius 1 is 1.14 bits per heavy atom. The number of aliphatic imine (C=N–C) groups is 1. The Balaban J connectivity index is 0.00000400. The molecule has 7 nitrogen and oxygen atoms in total. The van der Waals surface area contributed by atoms with Crippen molar-refractivity contribution in [2.75, 3.05) is 6.54 Å². The van der Waals surface area contributed by atoms with E-state index in [9.17, 15) is 9.59 Å². The average molecular weight is 314 g/mol. The summed E-state index contributed by atoms with van der Waals surface area (Å²) >= 11 is 0. The van der Waals surface area contributed by atoms with Crippen molar-refractivity contribution in [2.24, 2.45) is 22.2 Å². The number of nitrogens with one attached hydrogen (secondary N) is 1. The lowest BCUT2D eigenvalue weighted by atomic mass is 10.1. The second-order valence-electron chi connectivity index (χ2n) is 4.24. The van der Waals surface area contributed by atoms with E-state index in [1.807, 2.05) is 0 Å². The molecule has 21 heavy (non-hydrogen) atoms. The first kappa shape index (κ1) is 18.7. The van der Waals surface area contributed by atoms with E-state index in [4.69, 9.17) is 17.2 Å². The number of primary amides is 1. The summed E-state index contributed by atoms with van der Waals surface area (Å²) in [5.74, 6) is -0.927. The molecular formula is C13H20ClN5O2. The van der Waals surface area contributed by atoms with Crippen LogP contribution in [-0.2, 0) is 4.79 Å². The molecule has 0 radical (unpaired) electrons. The van der Waals surface area contributed by atoms with E-state index < -0.39 is 11.9 Å². The van der Waals surface area contributed by atoms with Gasteiger partial charge in [-0.3, -0.25) is 14.6 Å². The Morgan fingerprint density at radius 2 is 1.76 bits per heavy atom. The van der Waals surface area contributed by atoms with Crippen LogP contribution in [0.2, 0.25) is 0 Å². The van der Waals surface area contributed by atoms with Crippen molar-refractivity contribution in [1.29, 1.82) is 0 Å². The topological polar surface area (TPSA) is 137 Å². The average Bonchev–Trinajstić information content (AvgIpc) is 2.42. The number of nitrogens with zero attached hydrogens (tertiary/aromatic N) is 1. The number of carbonyl (C=O) groups is 2. The Morgan fingerprint density at radius 3 is 2.29 bits per heavy atom. The van der Waals surface area contributed by atoms with Crippen LogP contribution in [0.1, 0.15) is 23.2 Å². The van der Waals surface area contributed by atoms with Crippen molar-refractivity contribution < 1.29 is 9.59 Å². The molecular weight excluding hydrogens is 294 g/mol. The molecule has 116 valence electrons. The third-order valence-electron chi connectivity index (χ3n) is 2.63. The first-order valence-electron chi connectivity index (χ1n) is 6.21. The fourth-order valence-electron chi connectivity index (χ4n) is 1.62. The number of benzene rings is 1. The van der Waals surface area contributed by atoms with E-state index in [1.165, 1.54) is 0 Å². The number of amides is 2. The number of rotatable bonds is 7. The second kappa shape index (κ2) is 9.60.